The minimum absolute atomic E-state index is 0.0138. The predicted molar refractivity (Wildman–Crippen MR) is 110 cm³/mol. The van der Waals surface area contributed by atoms with E-state index in [2.05, 4.69) is 21.8 Å². The molecule has 150 valence electrons. The first-order valence-electron chi connectivity index (χ1n) is 10.3. The Balaban J connectivity index is 1.55. The summed E-state index contributed by atoms with van der Waals surface area (Å²) in [5.41, 5.74) is 1.69. The smallest absolute Gasteiger partial charge is 0.258 e. The van der Waals surface area contributed by atoms with Crippen molar-refractivity contribution in [2.24, 2.45) is 5.92 Å². The van der Waals surface area contributed by atoms with Crippen LogP contribution in [0.1, 0.15) is 19.8 Å². The zero-order chi connectivity index (χ0) is 19.5. The number of ether oxygens (including phenoxy) is 1. The van der Waals surface area contributed by atoms with Crippen molar-refractivity contribution in [3.63, 3.8) is 0 Å². The van der Waals surface area contributed by atoms with Crippen LogP contribution >= 0.6 is 0 Å². The van der Waals surface area contributed by atoms with Gasteiger partial charge in [0, 0.05) is 39.3 Å². The molecule has 1 aromatic heterocycles. The molecule has 0 saturated carbocycles. The average molecular weight is 383 g/mol. The molecule has 28 heavy (non-hydrogen) atoms. The molecule has 0 spiro atoms. The van der Waals surface area contributed by atoms with Crippen molar-refractivity contribution < 1.29 is 9.53 Å². The summed E-state index contributed by atoms with van der Waals surface area (Å²) in [6, 6.07) is 7.85. The van der Waals surface area contributed by atoms with Crippen molar-refractivity contribution in [1.82, 2.24) is 19.8 Å². The standard InChI is InChI=1S/C21H29N5O2/c1-3-28-20-19(22-17-8-4-5-9-18(17)23-20)26-10-6-7-16(15-26)21(27)25-13-11-24(2)12-14-25/h4-5,8-9,16H,3,6-7,10-15H2,1-2H3. The Hall–Kier alpha value is -2.41. The normalized spacial score (nSPS) is 21.1. The lowest BCUT2D eigenvalue weighted by molar-refractivity contribution is -0.137. The number of para-hydroxylation sites is 2. The molecule has 1 atom stereocenters. The summed E-state index contributed by atoms with van der Waals surface area (Å²) in [4.78, 5) is 29.1. The molecule has 2 aliphatic heterocycles. The molecular formula is C21H29N5O2. The lowest BCUT2D eigenvalue weighted by Crippen LogP contribution is -2.51. The number of carbonyl (C=O) groups excluding carboxylic acids is 1. The number of piperazine rings is 1. The fourth-order valence-electron chi connectivity index (χ4n) is 4.07. The molecule has 3 heterocycles. The number of likely N-dealkylation sites (N-methyl/N-ethyl adjacent to an activating group) is 1. The van der Waals surface area contributed by atoms with E-state index in [0.29, 0.717) is 19.0 Å². The molecule has 1 unspecified atom stereocenters. The molecule has 7 heteroatoms. The summed E-state index contributed by atoms with van der Waals surface area (Å²) in [6.07, 6.45) is 1.91. The molecule has 1 amide bonds. The Bertz CT molecular complexity index is 835. The van der Waals surface area contributed by atoms with Crippen molar-refractivity contribution in [2.75, 3.05) is 57.8 Å². The van der Waals surface area contributed by atoms with Crippen molar-refractivity contribution in [3.8, 4) is 5.88 Å². The van der Waals surface area contributed by atoms with Crippen LogP contribution < -0.4 is 9.64 Å². The van der Waals surface area contributed by atoms with Crippen LogP contribution in [-0.2, 0) is 4.79 Å². The van der Waals surface area contributed by atoms with Crippen molar-refractivity contribution in [2.45, 2.75) is 19.8 Å². The van der Waals surface area contributed by atoms with Crippen LogP contribution in [0.15, 0.2) is 24.3 Å². The second kappa shape index (κ2) is 8.31. The van der Waals surface area contributed by atoms with E-state index < -0.39 is 0 Å². The molecule has 0 bridgehead atoms. The summed E-state index contributed by atoms with van der Waals surface area (Å²) < 4.78 is 5.81. The first-order valence-corrected chi connectivity index (χ1v) is 10.3. The van der Waals surface area contributed by atoms with Crippen LogP contribution in [-0.4, -0.2) is 78.6 Å². The number of piperidine rings is 1. The summed E-state index contributed by atoms with van der Waals surface area (Å²) in [6.45, 7) is 7.60. The molecule has 0 N–H and O–H groups in total. The van der Waals surface area contributed by atoms with Crippen LogP contribution in [0.4, 0.5) is 5.82 Å². The minimum atomic E-state index is 0.0138. The minimum Gasteiger partial charge on any atom is -0.475 e. The van der Waals surface area contributed by atoms with Crippen molar-refractivity contribution in [3.05, 3.63) is 24.3 Å². The molecule has 2 saturated heterocycles. The zero-order valence-electron chi connectivity index (χ0n) is 16.8. The third-order valence-corrected chi connectivity index (χ3v) is 5.69. The summed E-state index contributed by atoms with van der Waals surface area (Å²) >= 11 is 0. The molecule has 1 aromatic carbocycles. The zero-order valence-corrected chi connectivity index (χ0v) is 16.8. The van der Waals surface area contributed by atoms with Gasteiger partial charge in [0.15, 0.2) is 5.82 Å². The Morgan fingerprint density at radius 1 is 1.11 bits per heavy atom. The van der Waals surface area contributed by atoms with E-state index >= 15 is 0 Å². The molecule has 0 aliphatic carbocycles. The number of amides is 1. The van der Waals surface area contributed by atoms with Crippen molar-refractivity contribution >= 4 is 22.8 Å². The summed E-state index contributed by atoms with van der Waals surface area (Å²) in [7, 11) is 2.11. The monoisotopic (exact) mass is 383 g/mol. The van der Waals surface area contributed by atoms with Gasteiger partial charge >= 0.3 is 0 Å². The van der Waals surface area contributed by atoms with Gasteiger partial charge in [0.1, 0.15) is 0 Å². The van der Waals surface area contributed by atoms with E-state index in [0.717, 1.165) is 62.4 Å². The van der Waals surface area contributed by atoms with Gasteiger partial charge in [-0.2, -0.15) is 0 Å². The van der Waals surface area contributed by atoms with E-state index in [1.165, 1.54) is 0 Å². The molecular weight excluding hydrogens is 354 g/mol. The highest BCUT2D eigenvalue weighted by molar-refractivity contribution is 5.81. The topological polar surface area (TPSA) is 61.8 Å². The number of nitrogens with zero attached hydrogens (tertiary/aromatic N) is 5. The highest BCUT2D eigenvalue weighted by atomic mass is 16.5. The highest BCUT2D eigenvalue weighted by Crippen LogP contribution is 2.31. The van der Waals surface area contributed by atoms with Gasteiger partial charge in [-0.05, 0) is 38.9 Å². The predicted octanol–water partition coefficient (Wildman–Crippen LogP) is 2.02. The van der Waals surface area contributed by atoms with Gasteiger partial charge in [0.25, 0.3) is 5.88 Å². The van der Waals surface area contributed by atoms with Crippen LogP contribution in [0.3, 0.4) is 0 Å². The van der Waals surface area contributed by atoms with Crippen LogP contribution in [0, 0.1) is 5.92 Å². The lowest BCUT2D eigenvalue weighted by atomic mass is 9.96. The van der Waals surface area contributed by atoms with Gasteiger partial charge in [0.2, 0.25) is 5.91 Å². The van der Waals surface area contributed by atoms with Crippen LogP contribution in [0.2, 0.25) is 0 Å². The fraction of sp³-hybridized carbons (Fsp3) is 0.571. The maximum atomic E-state index is 13.1. The molecule has 2 aliphatic rings. The maximum absolute atomic E-state index is 13.1. The maximum Gasteiger partial charge on any atom is 0.258 e. The third kappa shape index (κ3) is 3.90. The van der Waals surface area contributed by atoms with Gasteiger partial charge in [-0.1, -0.05) is 12.1 Å². The number of carbonyl (C=O) groups is 1. The fourth-order valence-corrected chi connectivity index (χ4v) is 4.07. The van der Waals surface area contributed by atoms with E-state index in [1.807, 2.05) is 36.1 Å². The van der Waals surface area contributed by atoms with E-state index in [1.54, 1.807) is 0 Å². The van der Waals surface area contributed by atoms with Gasteiger partial charge in [0.05, 0.1) is 23.6 Å². The molecule has 0 radical (unpaired) electrons. The van der Waals surface area contributed by atoms with Crippen LogP contribution in [0.25, 0.3) is 11.0 Å². The second-order valence-corrected chi connectivity index (χ2v) is 7.69. The van der Waals surface area contributed by atoms with Gasteiger partial charge in [-0.15, -0.1) is 0 Å². The number of hydrogen-bond donors (Lipinski definition) is 0. The van der Waals surface area contributed by atoms with Gasteiger partial charge < -0.3 is 19.4 Å². The molecule has 7 nitrogen and oxygen atoms in total. The largest absolute Gasteiger partial charge is 0.475 e. The highest BCUT2D eigenvalue weighted by Gasteiger charge is 2.32. The molecule has 2 fully saturated rings. The summed E-state index contributed by atoms with van der Waals surface area (Å²) in [5, 5.41) is 0. The Labute approximate surface area is 166 Å². The number of hydrogen-bond acceptors (Lipinski definition) is 6. The van der Waals surface area contributed by atoms with E-state index in [9.17, 15) is 4.79 Å². The SMILES string of the molecule is CCOc1nc2ccccc2nc1N1CCCC(C(=O)N2CCN(C)CC2)C1. The lowest BCUT2D eigenvalue weighted by Gasteiger charge is -2.38. The number of fused-ring (bicyclic) bond motifs is 1. The average Bonchev–Trinajstić information content (AvgIpc) is 2.73. The Morgan fingerprint density at radius 3 is 2.54 bits per heavy atom. The Kier molecular flexibility index (Phi) is 5.62. The number of benzene rings is 1. The summed E-state index contributed by atoms with van der Waals surface area (Å²) in [5.74, 6) is 1.62. The molecule has 4 rings (SSSR count). The van der Waals surface area contributed by atoms with Gasteiger partial charge in [-0.3, -0.25) is 4.79 Å². The number of aromatic nitrogens is 2. The first-order chi connectivity index (χ1) is 13.7. The first kappa shape index (κ1) is 18.9. The molecule has 2 aromatic rings. The van der Waals surface area contributed by atoms with Crippen molar-refractivity contribution in [1.29, 1.82) is 0 Å². The Morgan fingerprint density at radius 2 is 1.82 bits per heavy atom. The third-order valence-electron chi connectivity index (χ3n) is 5.69. The van der Waals surface area contributed by atoms with E-state index in [-0.39, 0.29) is 11.8 Å². The number of anilines is 1. The van der Waals surface area contributed by atoms with Crippen LogP contribution in [0.5, 0.6) is 5.88 Å². The van der Waals surface area contributed by atoms with E-state index in [4.69, 9.17) is 9.72 Å². The quantitative estimate of drug-likeness (QED) is 0.805. The number of rotatable bonds is 4. The van der Waals surface area contributed by atoms with Gasteiger partial charge in [-0.25, -0.2) is 9.97 Å². The second-order valence-electron chi connectivity index (χ2n) is 7.69.